The first-order valence-corrected chi connectivity index (χ1v) is 21.6. The maximum Gasteiger partial charge on any atom is 0.0542 e. The molecule has 0 aliphatic rings. The minimum absolute atomic E-state index is 1.08. The number of hydrogen-bond donors (Lipinski definition) is 0. The predicted octanol–water partition coefficient (Wildman–Crippen LogP) is 16.4. The van der Waals surface area contributed by atoms with Gasteiger partial charge in [0.15, 0.2) is 0 Å². The van der Waals surface area contributed by atoms with E-state index in [1.54, 1.807) is 0 Å². The highest BCUT2D eigenvalue weighted by Crippen LogP contribution is 2.43. The zero-order valence-electron chi connectivity index (χ0n) is 34.5. The molecule has 10 aromatic carbocycles. The van der Waals surface area contributed by atoms with Gasteiger partial charge in [0.1, 0.15) is 0 Å². The topological polar surface area (TPSA) is 13.1 Å². The molecule has 2 aromatic heterocycles. The standard InChI is InChI=1S/C60H41N3/c1-5-17-42(18-6-1)45-37-46(43-19-7-2-8-20-43)39-47(38-45)44-29-31-50(32-30-44)61(51-33-35-59-55(40-51)53-25-13-15-27-57(53)62(59)48-21-9-3-10-22-48)52-34-36-60-56(41-52)54-26-14-16-28-58(54)63(60)49-23-11-4-12-24-49/h1-41H. The first kappa shape index (κ1) is 36.5. The van der Waals surface area contributed by atoms with Crippen molar-refractivity contribution in [1.82, 2.24) is 9.13 Å². The minimum Gasteiger partial charge on any atom is -0.310 e. The zero-order chi connectivity index (χ0) is 41.7. The summed E-state index contributed by atoms with van der Waals surface area (Å²) in [5, 5.41) is 4.87. The van der Waals surface area contributed by atoms with Crippen molar-refractivity contribution >= 4 is 60.7 Å². The van der Waals surface area contributed by atoms with Crippen LogP contribution in [0.3, 0.4) is 0 Å². The summed E-state index contributed by atoms with van der Waals surface area (Å²) < 4.78 is 4.76. The average molecular weight is 804 g/mol. The van der Waals surface area contributed by atoms with Gasteiger partial charge in [0.2, 0.25) is 0 Å². The Kier molecular flexibility index (Phi) is 8.83. The summed E-state index contributed by atoms with van der Waals surface area (Å²) in [7, 11) is 0. The molecule has 0 atom stereocenters. The minimum atomic E-state index is 1.08. The SMILES string of the molecule is c1ccc(-c2cc(-c3ccccc3)cc(-c3ccc(N(c4ccc5c(c4)c4ccccc4n5-c4ccccc4)c4ccc5c(c4)c4ccccc4n5-c4ccccc4)cc3)c2)cc1. The fourth-order valence-corrected chi connectivity index (χ4v) is 9.55. The number of anilines is 3. The number of benzene rings is 10. The van der Waals surface area contributed by atoms with E-state index in [0.717, 1.165) is 34.0 Å². The molecule has 0 unspecified atom stereocenters. The summed E-state index contributed by atoms with van der Waals surface area (Å²) in [5.74, 6) is 0. The lowest BCUT2D eigenvalue weighted by Crippen LogP contribution is -2.10. The summed E-state index contributed by atoms with van der Waals surface area (Å²) in [6.45, 7) is 0. The Morgan fingerprint density at radius 3 is 0.984 bits per heavy atom. The Hall–Kier alpha value is -8.40. The van der Waals surface area contributed by atoms with Gasteiger partial charge in [-0.15, -0.1) is 0 Å². The van der Waals surface area contributed by atoms with Crippen molar-refractivity contribution < 1.29 is 0 Å². The van der Waals surface area contributed by atoms with E-state index >= 15 is 0 Å². The van der Waals surface area contributed by atoms with Crippen molar-refractivity contribution in [2.75, 3.05) is 4.90 Å². The third kappa shape index (κ3) is 6.38. The van der Waals surface area contributed by atoms with Crippen LogP contribution in [-0.4, -0.2) is 9.13 Å². The second-order valence-electron chi connectivity index (χ2n) is 16.2. The molecule has 0 saturated heterocycles. The predicted molar refractivity (Wildman–Crippen MR) is 266 cm³/mol. The van der Waals surface area contributed by atoms with Crippen LogP contribution >= 0.6 is 0 Å². The van der Waals surface area contributed by atoms with Crippen LogP contribution in [0.25, 0.3) is 88.4 Å². The van der Waals surface area contributed by atoms with Crippen molar-refractivity contribution in [2.24, 2.45) is 0 Å². The lowest BCUT2D eigenvalue weighted by Gasteiger charge is -2.26. The number of nitrogens with zero attached hydrogens (tertiary/aromatic N) is 3. The van der Waals surface area contributed by atoms with Crippen LogP contribution in [0, 0.1) is 0 Å². The first-order valence-electron chi connectivity index (χ1n) is 21.6. The number of aromatic nitrogens is 2. The molecule has 0 aliphatic carbocycles. The quantitative estimate of drug-likeness (QED) is 0.149. The monoisotopic (exact) mass is 803 g/mol. The van der Waals surface area contributed by atoms with Crippen LogP contribution in [0.4, 0.5) is 17.1 Å². The van der Waals surface area contributed by atoms with E-state index in [0.29, 0.717) is 0 Å². The van der Waals surface area contributed by atoms with Gasteiger partial charge in [0.05, 0.1) is 22.1 Å². The summed E-state index contributed by atoms with van der Waals surface area (Å²) in [4.78, 5) is 2.42. The molecule has 2 heterocycles. The smallest absolute Gasteiger partial charge is 0.0542 e. The highest BCUT2D eigenvalue weighted by atomic mass is 15.1. The Bertz CT molecular complexity index is 3370. The van der Waals surface area contributed by atoms with Gasteiger partial charge in [-0.2, -0.15) is 0 Å². The van der Waals surface area contributed by atoms with Gasteiger partial charge in [-0.05, 0) is 137 Å². The largest absolute Gasteiger partial charge is 0.310 e. The normalized spacial score (nSPS) is 11.5. The summed E-state index contributed by atoms with van der Waals surface area (Å²) in [5.41, 5.74) is 17.4. The highest BCUT2D eigenvalue weighted by molar-refractivity contribution is 6.12. The number of rotatable bonds is 8. The van der Waals surface area contributed by atoms with Gasteiger partial charge < -0.3 is 14.0 Å². The fourth-order valence-electron chi connectivity index (χ4n) is 9.55. The molecular weight excluding hydrogens is 763 g/mol. The number of para-hydroxylation sites is 4. The van der Waals surface area contributed by atoms with Gasteiger partial charge >= 0.3 is 0 Å². The second-order valence-corrected chi connectivity index (χ2v) is 16.2. The third-order valence-corrected chi connectivity index (χ3v) is 12.5. The lowest BCUT2D eigenvalue weighted by molar-refractivity contribution is 1.18. The maximum atomic E-state index is 2.42. The molecule has 0 spiro atoms. The van der Waals surface area contributed by atoms with Crippen LogP contribution in [0.5, 0.6) is 0 Å². The van der Waals surface area contributed by atoms with Crippen molar-refractivity contribution in [2.45, 2.75) is 0 Å². The lowest BCUT2D eigenvalue weighted by atomic mass is 9.93. The molecule has 0 fully saturated rings. The maximum absolute atomic E-state index is 2.42. The third-order valence-electron chi connectivity index (χ3n) is 12.5. The van der Waals surface area contributed by atoms with Gasteiger partial charge in [0.25, 0.3) is 0 Å². The van der Waals surface area contributed by atoms with Gasteiger partial charge in [-0.25, -0.2) is 0 Å². The molecular formula is C60H41N3. The van der Waals surface area contributed by atoms with Gasteiger partial charge in [-0.3, -0.25) is 0 Å². The van der Waals surface area contributed by atoms with E-state index in [4.69, 9.17) is 0 Å². The van der Waals surface area contributed by atoms with E-state index in [2.05, 4.69) is 263 Å². The Morgan fingerprint density at radius 1 is 0.222 bits per heavy atom. The van der Waals surface area contributed by atoms with E-state index in [9.17, 15) is 0 Å². The average Bonchev–Trinajstić information content (AvgIpc) is 3.87. The molecule has 3 nitrogen and oxygen atoms in total. The molecule has 63 heavy (non-hydrogen) atoms. The van der Waals surface area contributed by atoms with Crippen molar-refractivity contribution in [3.05, 3.63) is 249 Å². The Morgan fingerprint density at radius 2 is 0.556 bits per heavy atom. The van der Waals surface area contributed by atoms with Crippen LogP contribution in [0.2, 0.25) is 0 Å². The van der Waals surface area contributed by atoms with Crippen LogP contribution in [0.15, 0.2) is 249 Å². The van der Waals surface area contributed by atoms with Gasteiger partial charge in [-0.1, -0.05) is 146 Å². The zero-order valence-corrected chi connectivity index (χ0v) is 34.5. The van der Waals surface area contributed by atoms with Crippen molar-refractivity contribution in [3.63, 3.8) is 0 Å². The number of hydrogen-bond acceptors (Lipinski definition) is 1. The molecule has 12 rings (SSSR count). The molecule has 0 N–H and O–H groups in total. The van der Waals surface area contributed by atoms with E-state index in [1.807, 2.05) is 0 Å². The Labute approximate surface area is 366 Å². The van der Waals surface area contributed by atoms with Crippen LogP contribution in [0.1, 0.15) is 0 Å². The molecule has 0 amide bonds. The molecule has 3 heteroatoms. The first-order chi connectivity index (χ1) is 31.2. The number of fused-ring (bicyclic) bond motifs is 6. The molecule has 0 radical (unpaired) electrons. The molecule has 12 aromatic rings. The molecule has 296 valence electrons. The Balaban J connectivity index is 1.05. The second kappa shape index (κ2) is 15.3. The highest BCUT2D eigenvalue weighted by Gasteiger charge is 2.20. The van der Waals surface area contributed by atoms with Crippen molar-refractivity contribution in [1.29, 1.82) is 0 Å². The summed E-state index contributed by atoms with van der Waals surface area (Å²) in [6.07, 6.45) is 0. The van der Waals surface area contributed by atoms with E-state index in [-0.39, 0.29) is 0 Å². The summed E-state index contributed by atoms with van der Waals surface area (Å²) >= 11 is 0. The molecule has 0 bridgehead atoms. The van der Waals surface area contributed by atoms with E-state index in [1.165, 1.54) is 71.4 Å². The van der Waals surface area contributed by atoms with Gasteiger partial charge in [0, 0.05) is 50.0 Å². The van der Waals surface area contributed by atoms with Crippen LogP contribution in [-0.2, 0) is 0 Å². The molecule has 0 aliphatic heterocycles. The van der Waals surface area contributed by atoms with Crippen molar-refractivity contribution in [3.8, 4) is 44.8 Å². The van der Waals surface area contributed by atoms with Crippen LogP contribution < -0.4 is 4.90 Å². The summed E-state index contributed by atoms with van der Waals surface area (Å²) in [6, 6.07) is 90.2. The van der Waals surface area contributed by atoms with E-state index < -0.39 is 0 Å². The fraction of sp³-hybridized carbons (Fsp3) is 0. The molecule has 0 saturated carbocycles.